The van der Waals surface area contributed by atoms with Crippen LogP contribution in [0.2, 0.25) is 5.02 Å². The third-order valence-electron chi connectivity index (χ3n) is 4.75. The molecule has 4 rings (SSSR count). The van der Waals surface area contributed by atoms with Crippen molar-refractivity contribution >= 4 is 56.7 Å². The predicted octanol–water partition coefficient (Wildman–Crippen LogP) is 4.83. The lowest BCUT2D eigenvalue weighted by Crippen LogP contribution is -2.23. The molecule has 0 aromatic heterocycles. The highest BCUT2D eigenvalue weighted by atomic mass is 79.9. The highest BCUT2D eigenvalue weighted by molar-refractivity contribution is 9.10. The topological polar surface area (TPSA) is 101 Å². The fraction of sp³-hybridized carbons (Fsp3) is 0. The van der Waals surface area contributed by atoms with Crippen LogP contribution < -0.4 is 5.32 Å². The molecule has 148 valence electrons. The number of hydrogen-bond acceptors (Lipinski definition) is 4. The molecule has 3 aromatic rings. The lowest BCUT2D eigenvalue weighted by molar-refractivity contribution is 0.0692. The van der Waals surface area contributed by atoms with Gasteiger partial charge in [0.2, 0.25) is 0 Å². The van der Waals surface area contributed by atoms with Crippen molar-refractivity contribution in [2.45, 2.75) is 0 Å². The van der Waals surface area contributed by atoms with Gasteiger partial charge in [-0.3, -0.25) is 14.4 Å². The Labute approximate surface area is 183 Å². The number of carbonyl (C=O) groups excluding carboxylic acids is 3. The van der Waals surface area contributed by atoms with E-state index in [9.17, 15) is 24.3 Å². The fourth-order valence-corrected chi connectivity index (χ4v) is 4.41. The van der Waals surface area contributed by atoms with Gasteiger partial charge in [0.15, 0.2) is 11.6 Å². The zero-order valence-electron chi connectivity index (χ0n) is 15.0. The molecule has 0 bridgehead atoms. The lowest BCUT2D eigenvalue weighted by Gasteiger charge is -2.21. The number of fused-ring (bicyclic) bond motifs is 2. The SMILES string of the molecule is O=C(O)c1ccccc1C(=O)Nc1c(Cl)cc2c(c1Br)C(=O)c1ccccc1C2=O. The normalized spacial score (nSPS) is 12.2. The molecule has 0 saturated carbocycles. The van der Waals surface area contributed by atoms with Gasteiger partial charge in [-0.15, -0.1) is 0 Å². The minimum Gasteiger partial charge on any atom is -0.478 e. The van der Waals surface area contributed by atoms with Crippen LogP contribution in [-0.2, 0) is 0 Å². The predicted molar refractivity (Wildman–Crippen MR) is 114 cm³/mol. The zero-order chi connectivity index (χ0) is 21.6. The number of halogens is 2. The number of hydrogen-bond donors (Lipinski definition) is 2. The Balaban J connectivity index is 1.81. The Bertz CT molecular complexity index is 1280. The minimum atomic E-state index is -1.26. The van der Waals surface area contributed by atoms with Gasteiger partial charge in [-0.1, -0.05) is 48.0 Å². The molecular formula is C22H11BrClNO5. The third-order valence-corrected chi connectivity index (χ3v) is 5.84. The summed E-state index contributed by atoms with van der Waals surface area (Å²) >= 11 is 9.61. The maximum absolute atomic E-state index is 13.0. The van der Waals surface area contributed by atoms with Crippen LogP contribution in [0.4, 0.5) is 5.69 Å². The molecule has 0 heterocycles. The zero-order valence-corrected chi connectivity index (χ0v) is 17.4. The molecule has 8 heteroatoms. The highest BCUT2D eigenvalue weighted by Crippen LogP contribution is 2.41. The second kappa shape index (κ2) is 7.51. The summed E-state index contributed by atoms with van der Waals surface area (Å²) in [6, 6.07) is 13.5. The molecule has 0 aliphatic heterocycles. The van der Waals surface area contributed by atoms with Gasteiger partial charge in [-0.2, -0.15) is 0 Å². The molecule has 3 aromatic carbocycles. The standard InChI is InChI=1S/C22H11BrClNO5/c23-17-16-14(19(26)10-5-1-2-6-11(10)20(16)27)9-15(24)18(17)25-21(28)12-7-3-4-8-13(12)22(29)30/h1-9H,(H,25,28)(H,29,30). The van der Waals surface area contributed by atoms with Gasteiger partial charge in [-0.25, -0.2) is 4.79 Å². The van der Waals surface area contributed by atoms with E-state index in [1.54, 1.807) is 24.3 Å². The number of benzene rings is 3. The maximum Gasteiger partial charge on any atom is 0.336 e. The van der Waals surface area contributed by atoms with Crippen molar-refractivity contribution < 1.29 is 24.3 Å². The monoisotopic (exact) mass is 483 g/mol. The Morgan fingerprint density at radius 1 is 0.867 bits per heavy atom. The van der Waals surface area contributed by atoms with Gasteiger partial charge in [0.05, 0.1) is 31.9 Å². The number of rotatable bonds is 3. The lowest BCUT2D eigenvalue weighted by atomic mass is 9.84. The van der Waals surface area contributed by atoms with Crippen molar-refractivity contribution in [3.05, 3.63) is 97.5 Å². The van der Waals surface area contributed by atoms with Crippen LogP contribution in [-0.4, -0.2) is 28.5 Å². The molecule has 6 nitrogen and oxygen atoms in total. The number of amides is 1. The van der Waals surface area contributed by atoms with Crippen LogP contribution >= 0.6 is 27.5 Å². The molecule has 30 heavy (non-hydrogen) atoms. The number of carboxylic acids is 1. The smallest absolute Gasteiger partial charge is 0.336 e. The molecule has 0 atom stereocenters. The molecule has 1 aliphatic rings. The van der Waals surface area contributed by atoms with Gasteiger partial charge in [0, 0.05) is 16.7 Å². The van der Waals surface area contributed by atoms with E-state index in [4.69, 9.17) is 11.6 Å². The molecule has 1 amide bonds. The van der Waals surface area contributed by atoms with Crippen molar-refractivity contribution in [1.29, 1.82) is 0 Å². The Morgan fingerprint density at radius 3 is 2.07 bits per heavy atom. The maximum atomic E-state index is 13.0. The highest BCUT2D eigenvalue weighted by Gasteiger charge is 2.33. The van der Waals surface area contributed by atoms with E-state index in [-0.39, 0.29) is 60.1 Å². The van der Waals surface area contributed by atoms with Crippen molar-refractivity contribution in [3.63, 3.8) is 0 Å². The Hall–Kier alpha value is -3.29. The number of carbonyl (C=O) groups is 4. The summed E-state index contributed by atoms with van der Waals surface area (Å²) in [4.78, 5) is 50.0. The fourth-order valence-electron chi connectivity index (χ4n) is 3.34. The molecule has 0 saturated heterocycles. The van der Waals surface area contributed by atoms with Crippen LogP contribution in [0.15, 0.2) is 59.1 Å². The average Bonchev–Trinajstić information content (AvgIpc) is 2.74. The van der Waals surface area contributed by atoms with Crippen LogP contribution in [0.5, 0.6) is 0 Å². The second-order valence-electron chi connectivity index (χ2n) is 6.48. The molecular weight excluding hydrogens is 474 g/mol. The molecule has 0 fully saturated rings. The van der Waals surface area contributed by atoms with E-state index in [1.165, 1.54) is 30.3 Å². The van der Waals surface area contributed by atoms with E-state index in [2.05, 4.69) is 21.2 Å². The van der Waals surface area contributed by atoms with E-state index in [1.807, 2.05) is 0 Å². The summed E-state index contributed by atoms with van der Waals surface area (Å²) < 4.78 is 0.152. The first-order valence-electron chi connectivity index (χ1n) is 8.65. The Morgan fingerprint density at radius 2 is 1.43 bits per heavy atom. The third kappa shape index (κ3) is 3.12. The van der Waals surface area contributed by atoms with Gasteiger partial charge >= 0.3 is 5.97 Å². The first-order valence-corrected chi connectivity index (χ1v) is 9.82. The number of nitrogens with one attached hydrogen (secondary N) is 1. The summed E-state index contributed by atoms with van der Waals surface area (Å²) in [5, 5.41) is 11.9. The van der Waals surface area contributed by atoms with Gasteiger partial charge < -0.3 is 10.4 Å². The second-order valence-corrected chi connectivity index (χ2v) is 7.68. The van der Waals surface area contributed by atoms with Crippen LogP contribution in [0.1, 0.15) is 52.6 Å². The molecule has 0 radical (unpaired) electrons. The molecule has 2 N–H and O–H groups in total. The van der Waals surface area contributed by atoms with E-state index >= 15 is 0 Å². The molecule has 0 spiro atoms. The quantitative estimate of drug-likeness (QED) is 0.434. The van der Waals surface area contributed by atoms with Crippen molar-refractivity contribution in [1.82, 2.24) is 0 Å². The van der Waals surface area contributed by atoms with E-state index in [0.717, 1.165) is 0 Å². The first kappa shape index (κ1) is 20.0. The largest absolute Gasteiger partial charge is 0.478 e. The number of ketones is 2. The Kier molecular flexibility index (Phi) is 5.01. The summed E-state index contributed by atoms with van der Waals surface area (Å²) in [5.41, 5.74) is 0.570. The van der Waals surface area contributed by atoms with E-state index in [0.29, 0.717) is 0 Å². The molecule has 0 unspecified atom stereocenters. The summed E-state index contributed by atoms with van der Waals surface area (Å²) in [6.07, 6.45) is 0. The van der Waals surface area contributed by atoms with Crippen LogP contribution in [0.3, 0.4) is 0 Å². The summed E-state index contributed by atoms with van der Waals surface area (Å²) in [5.74, 6) is -2.71. The average molecular weight is 485 g/mol. The van der Waals surface area contributed by atoms with Gasteiger partial charge in [-0.05, 0) is 34.1 Å². The summed E-state index contributed by atoms with van der Waals surface area (Å²) in [6.45, 7) is 0. The first-order chi connectivity index (χ1) is 14.3. The van der Waals surface area contributed by atoms with E-state index < -0.39 is 11.9 Å². The van der Waals surface area contributed by atoms with Gasteiger partial charge in [0.1, 0.15) is 0 Å². The van der Waals surface area contributed by atoms with Crippen molar-refractivity contribution in [3.8, 4) is 0 Å². The minimum absolute atomic E-state index is 0.0299. The van der Waals surface area contributed by atoms with Crippen molar-refractivity contribution in [2.24, 2.45) is 0 Å². The number of anilines is 1. The number of carboxylic acid groups (broad SMARTS) is 1. The van der Waals surface area contributed by atoms with Crippen molar-refractivity contribution in [2.75, 3.05) is 5.32 Å². The molecule has 1 aliphatic carbocycles. The number of aromatic carboxylic acids is 1. The van der Waals surface area contributed by atoms with Gasteiger partial charge in [0.25, 0.3) is 5.91 Å². The van der Waals surface area contributed by atoms with Crippen LogP contribution in [0, 0.1) is 0 Å². The summed E-state index contributed by atoms with van der Waals surface area (Å²) in [7, 11) is 0. The van der Waals surface area contributed by atoms with Crippen LogP contribution in [0.25, 0.3) is 0 Å².